The van der Waals surface area contributed by atoms with Gasteiger partial charge in [0.15, 0.2) is 0 Å². The molecule has 0 bridgehead atoms. The van der Waals surface area contributed by atoms with Gasteiger partial charge >= 0.3 is 0 Å². The highest BCUT2D eigenvalue weighted by Gasteiger charge is 2.13. The Morgan fingerprint density at radius 3 is 2.26 bits per heavy atom. The van der Waals surface area contributed by atoms with Crippen LogP contribution in [0.1, 0.15) is 22.8 Å². The quantitative estimate of drug-likeness (QED) is 0.914. The largest absolute Gasteiger partial charge is 0.483 e. The van der Waals surface area contributed by atoms with E-state index in [0.29, 0.717) is 17.3 Å². The molecule has 2 N–H and O–H groups in total. The van der Waals surface area contributed by atoms with Crippen LogP contribution in [0.15, 0.2) is 42.5 Å². The molecule has 19 heavy (non-hydrogen) atoms. The lowest BCUT2D eigenvalue weighted by atomic mass is 10.1. The number of ether oxygens (including phenoxy) is 1. The van der Waals surface area contributed by atoms with Gasteiger partial charge in [0.25, 0.3) is 0 Å². The average molecular weight is 276 g/mol. The second kappa shape index (κ2) is 6.09. The van der Waals surface area contributed by atoms with E-state index in [4.69, 9.17) is 22.1 Å². The number of nitrogens with two attached hydrogens (primary N) is 1. The summed E-state index contributed by atoms with van der Waals surface area (Å²) in [5, 5.41) is 0.616. The van der Waals surface area contributed by atoms with E-state index < -0.39 is 0 Å². The van der Waals surface area contributed by atoms with E-state index in [9.17, 15) is 0 Å². The topological polar surface area (TPSA) is 35.2 Å². The monoisotopic (exact) mass is 275 g/mol. The van der Waals surface area contributed by atoms with E-state index in [0.717, 1.165) is 11.1 Å². The Morgan fingerprint density at radius 2 is 1.68 bits per heavy atom. The number of aryl methyl sites for hydroxylation is 2. The highest BCUT2D eigenvalue weighted by Crippen LogP contribution is 2.29. The van der Waals surface area contributed by atoms with Crippen molar-refractivity contribution in [3.63, 3.8) is 0 Å². The first-order valence-corrected chi connectivity index (χ1v) is 6.67. The molecule has 0 saturated carbocycles. The van der Waals surface area contributed by atoms with E-state index in [1.165, 1.54) is 5.56 Å². The van der Waals surface area contributed by atoms with Crippen molar-refractivity contribution < 1.29 is 4.74 Å². The van der Waals surface area contributed by atoms with Crippen molar-refractivity contribution in [1.82, 2.24) is 0 Å². The highest BCUT2D eigenvalue weighted by atomic mass is 35.5. The molecule has 0 saturated heterocycles. The molecule has 0 fully saturated rings. The van der Waals surface area contributed by atoms with E-state index in [2.05, 4.69) is 19.1 Å². The number of rotatable bonds is 4. The third-order valence-electron chi connectivity index (χ3n) is 3.02. The molecule has 1 unspecified atom stereocenters. The molecule has 0 amide bonds. The van der Waals surface area contributed by atoms with Gasteiger partial charge in [0.1, 0.15) is 11.9 Å². The summed E-state index contributed by atoms with van der Waals surface area (Å²) in [4.78, 5) is 0. The Bertz CT molecular complexity index is 551. The molecular formula is C16H18ClNO. The fraction of sp³-hybridized carbons (Fsp3) is 0.250. The summed E-state index contributed by atoms with van der Waals surface area (Å²) in [5.74, 6) is 0.670. The third-order valence-corrected chi connectivity index (χ3v) is 3.32. The Hall–Kier alpha value is -1.51. The number of halogens is 1. The Morgan fingerprint density at radius 1 is 1.05 bits per heavy atom. The molecule has 0 radical (unpaired) electrons. The van der Waals surface area contributed by atoms with Crippen molar-refractivity contribution in [2.24, 2.45) is 5.73 Å². The van der Waals surface area contributed by atoms with Gasteiger partial charge in [-0.3, -0.25) is 0 Å². The fourth-order valence-corrected chi connectivity index (χ4v) is 2.17. The maximum absolute atomic E-state index is 6.18. The molecule has 0 aliphatic heterocycles. The van der Waals surface area contributed by atoms with Crippen LogP contribution in [0.5, 0.6) is 5.75 Å². The summed E-state index contributed by atoms with van der Waals surface area (Å²) < 4.78 is 5.92. The van der Waals surface area contributed by atoms with Gasteiger partial charge in [-0.1, -0.05) is 47.5 Å². The van der Waals surface area contributed by atoms with Crippen LogP contribution in [0.25, 0.3) is 0 Å². The van der Waals surface area contributed by atoms with Gasteiger partial charge in [-0.25, -0.2) is 0 Å². The zero-order valence-corrected chi connectivity index (χ0v) is 11.9. The standard InChI is InChI=1S/C16H18ClNO/c1-11-3-6-13(7-4-11)16(10-18)19-15-8-5-12(2)9-14(15)17/h3-9,16H,10,18H2,1-2H3. The molecule has 1 atom stereocenters. The van der Waals surface area contributed by atoms with Crippen LogP contribution >= 0.6 is 11.6 Å². The molecule has 3 heteroatoms. The minimum Gasteiger partial charge on any atom is -0.483 e. The molecule has 0 spiro atoms. The predicted octanol–water partition coefficient (Wildman–Crippen LogP) is 4.04. The molecule has 2 rings (SSSR count). The molecule has 0 aliphatic rings. The smallest absolute Gasteiger partial charge is 0.138 e. The summed E-state index contributed by atoms with van der Waals surface area (Å²) in [6, 6.07) is 13.9. The zero-order valence-electron chi connectivity index (χ0n) is 11.2. The number of hydrogen-bond acceptors (Lipinski definition) is 2. The van der Waals surface area contributed by atoms with Gasteiger partial charge in [0.05, 0.1) is 5.02 Å². The third kappa shape index (κ3) is 3.49. The van der Waals surface area contributed by atoms with Gasteiger partial charge in [-0.15, -0.1) is 0 Å². The first-order chi connectivity index (χ1) is 9.10. The maximum Gasteiger partial charge on any atom is 0.138 e. The van der Waals surface area contributed by atoms with Crippen molar-refractivity contribution >= 4 is 11.6 Å². The summed E-state index contributed by atoms with van der Waals surface area (Å²) >= 11 is 6.18. The van der Waals surface area contributed by atoms with Crippen LogP contribution in [-0.2, 0) is 0 Å². The van der Waals surface area contributed by atoms with Crippen LogP contribution < -0.4 is 10.5 Å². The predicted molar refractivity (Wildman–Crippen MR) is 79.8 cm³/mol. The lowest BCUT2D eigenvalue weighted by Gasteiger charge is -2.19. The van der Waals surface area contributed by atoms with Crippen molar-refractivity contribution in [1.29, 1.82) is 0 Å². The summed E-state index contributed by atoms with van der Waals surface area (Å²) in [6.07, 6.45) is -0.180. The van der Waals surface area contributed by atoms with Crippen molar-refractivity contribution in [2.45, 2.75) is 20.0 Å². The normalized spacial score (nSPS) is 12.2. The Balaban J connectivity index is 2.21. The minimum absolute atomic E-state index is 0.180. The van der Waals surface area contributed by atoms with Gasteiger partial charge in [-0.05, 0) is 37.1 Å². The van der Waals surface area contributed by atoms with Crippen LogP contribution in [0.4, 0.5) is 0 Å². The molecule has 0 aromatic heterocycles. The molecular weight excluding hydrogens is 258 g/mol. The van der Waals surface area contributed by atoms with E-state index >= 15 is 0 Å². The molecule has 100 valence electrons. The molecule has 2 aromatic rings. The SMILES string of the molecule is Cc1ccc(C(CN)Oc2ccc(C)cc2Cl)cc1. The second-order valence-electron chi connectivity index (χ2n) is 4.69. The van der Waals surface area contributed by atoms with Gasteiger partial charge in [0, 0.05) is 6.54 Å². The second-order valence-corrected chi connectivity index (χ2v) is 5.09. The Labute approximate surface area is 119 Å². The first kappa shape index (κ1) is 13.9. The van der Waals surface area contributed by atoms with E-state index in [1.807, 2.05) is 37.3 Å². The van der Waals surface area contributed by atoms with Crippen LogP contribution in [0.2, 0.25) is 5.02 Å². The van der Waals surface area contributed by atoms with Gasteiger partial charge < -0.3 is 10.5 Å². The highest BCUT2D eigenvalue weighted by molar-refractivity contribution is 6.32. The lowest BCUT2D eigenvalue weighted by molar-refractivity contribution is 0.214. The van der Waals surface area contributed by atoms with Crippen molar-refractivity contribution in [3.8, 4) is 5.75 Å². The maximum atomic E-state index is 6.18. The first-order valence-electron chi connectivity index (χ1n) is 6.29. The van der Waals surface area contributed by atoms with Crippen LogP contribution in [-0.4, -0.2) is 6.54 Å². The number of hydrogen-bond donors (Lipinski definition) is 1. The molecule has 0 aliphatic carbocycles. The van der Waals surface area contributed by atoms with Gasteiger partial charge in [0.2, 0.25) is 0 Å². The fourth-order valence-electron chi connectivity index (χ4n) is 1.89. The lowest BCUT2D eigenvalue weighted by Crippen LogP contribution is -2.18. The van der Waals surface area contributed by atoms with E-state index in [1.54, 1.807) is 0 Å². The summed E-state index contributed by atoms with van der Waals surface area (Å²) in [5.41, 5.74) is 9.19. The van der Waals surface area contributed by atoms with Crippen molar-refractivity contribution in [2.75, 3.05) is 6.54 Å². The zero-order chi connectivity index (χ0) is 13.8. The summed E-state index contributed by atoms with van der Waals surface area (Å²) in [6.45, 7) is 4.46. The van der Waals surface area contributed by atoms with Gasteiger partial charge in [-0.2, -0.15) is 0 Å². The summed E-state index contributed by atoms with van der Waals surface area (Å²) in [7, 11) is 0. The minimum atomic E-state index is -0.180. The molecule has 0 heterocycles. The molecule has 2 nitrogen and oxygen atoms in total. The van der Waals surface area contributed by atoms with Crippen LogP contribution in [0, 0.1) is 13.8 Å². The average Bonchev–Trinajstić information content (AvgIpc) is 2.39. The number of benzene rings is 2. The Kier molecular flexibility index (Phi) is 4.46. The van der Waals surface area contributed by atoms with E-state index in [-0.39, 0.29) is 6.10 Å². The van der Waals surface area contributed by atoms with Crippen molar-refractivity contribution in [3.05, 3.63) is 64.2 Å². The molecule has 2 aromatic carbocycles. The van der Waals surface area contributed by atoms with Crippen LogP contribution in [0.3, 0.4) is 0 Å².